The molecule has 0 atom stereocenters. The largest absolute Gasteiger partial charge is 0.274 e. The monoisotopic (exact) mass is 264 g/mol. The lowest BCUT2D eigenvalue weighted by Crippen LogP contribution is -2.34. The number of benzene rings is 1. The van der Waals surface area contributed by atoms with Crippen molar-refractivity contribution < 1.29 is 17.6 Å². The highest BCUT2D eigenvalue weighted by Crippen LogP contribution is 2.28. The topological polar surface area (TPSA) is 54.5 Å². The quantitative estimate of drug-likeness (QED) is 0.815. The molecule has 0 spiro atoms. The summed E-state index contributed by atoms with van der Waals surface area (Å²) in [5, 5.41) is -0.170. The number of rotatable bonds is 2. The van der Waals surface area contributed by atoms with Crippen molar-refractivity contribution >= 4 is 33.2 Å². The third kappa shape index (κ3) is 2.70. The van der Waals surface area contributed by atoms with Crippen molar-refractivity contribution in [2.24, 2.45) is 0 Å². The Morgan fingerprint density at radius 2 is 2.12 bits per heavy atom. The molecule has 1 amide bonds. The summed E-state index contributed by atoms with van der Waals surface area (Å²) in [6.07, 6.45) is 0.855. The fourth-order valence-corrected chi connectivity index (χ4v) is 2.43. The summed E-state index contributed by atoms with van der Waals surface area (Å²) in [6.45, 7) is 1.07. The molecule has 4 nitrogen and oxygen atoms in total. The first-order valence-corrected chi connectivity index (χ1v) is 6.33. The zero-order chi connectivity index (χ0) is 12.5. The molecule has 0 heterocycles. The zero-order valence-corrected chi connectivity index (χ0v) is 10.1. The fraction of sp³-hybridized carbons (Fsp3) is 0.222. The van der Waals surface area contributed by atoms with Crippen LogP contribution >= 0.6 is 11.6 Å². The Hall–Kier alpha value is -1.14. The van der Waals surface area contributed by atoms with Crippen LogP contribution in [0.25, 0.3) is 0 Å². The van der Waals surface area contributed by atoms with Gasteiger partial charge in [0.2, 0.25) is 15.9 Å². The van der Waals surface area contributed by atoms with Crippen molar-refractivity contribution in [3.8, 4) is 0 Å². The van der Waals surface area contributed by atoms with Crippen molar-refractivity contribution in [1.29, 1.82) is 0 Å². The zero-order valence-electron chi connectivity index (χ0n) is 8.49. The number of carbonyl (C=O) groups is 1. The summed E-state index contributed by atoms with van der Waals surface area (Å²) in [5.74, 6) is -1.46. The van der Waals surface area contributed by atoms with Crippen LogP contribution in [0.1, 0.15) is 6.92 Å². The Bertz CT molecular complexity index is 530. The number of halogens is 2. The van der Waals surface area contributed by atoms with Gasteiger partial charge in [-0.05, 0) is 12.1 Å². The molecular formula is C9H8ClFNO3S. The third-order valence-corrected chi connectivity index (χ3v) is 3.10. The maximum Gasteiger partial charge on any atom is 0.238 e. The van der Waals surface area contributed by atoms with Gasteiger partial charge in [-0.2, -0.15) is 0 Å². The molecule has 0 aliphatic carbocycles. The van der Waals surface area contributed by atoms with Gasteiger partial charge in [0.25, 0.3) is 0 Å². The van der Waals surface area contributed by atoms with Gasteiger partial charge in [0.1, 0.15) is 5.82 Å². The number of carbonyl (C=O) groups excluding carboxylic acids is 1. The van der Waals surface area contributed by atoms with Gasteiger partial charge in [-0.15, -0.1) is 0 Å². The van der Waals surface area contributed by atoms with Gasteiger partial charge in [-0.1, -0.05) is 11.6 Å². The van der Waals surface area contributed by atoms with E-state index in [0.29, 0.717) is 4.31 Å². The number of anilines is 1. The first kappa shape index (κ1) is 12.9. The van der Waals surface area contributed by atoms with E-state index in [1.807, 2.05) is 0 Å². The van der Waals surface area contributed by atoms with Crippen LogP contribution in [0.3, 0.4) is 0 Å². The Labute approximate surface area is 97.7 Å². The van der Waals surface area contributed by atoms with Crippen molar-refractivity contribution in [3.63, 3.8) is 0 Å². The van der Waals surface area contributed by atoms with E-state index < -0.39 is 21.7 Å². The van der Waals surface area contributed by atoms with Crippen LogP contribution in [0.5, 0.6) is 0 Å². The van der Waals surface area contributed by atoms with Crippen molar-refractivity contribution in [1.82, 2.24) is 0 Å². The second kappa shape index (κ2) is 4.39. The lowest BCUT2D eigenvalue weighted by Gasteiger charge is -2.19. The first-order chi connectivity index (χ1) is 7.23. The Kier molecular flexibility index (Phi) is 3.54. The second-order valence-corrected chi connectivity index (χ2v) is 5.30. The maximum absolute atomic E-state index is 12.7. The van der Waals surface area contributed by atoms with Gasteiger partial charge in [0.05, 0.1) is 17.0 Å². The minimum atomic E-state index is -3.80. The molecule has 0 unspecified atom stereocenters. The highest BCUT2D eigenvalue weighted by molar-refractivity contribution is 7.92. The normalized spacial score (nSPS) is 11.2. The predicted molar refractivity (Wildman–Crippen MR) is 58.2 cm³/mol. The molecule has 0 saturated carbocycles. The van der Waals surface area contributed by atoms with E-state index in [2.05, 4.69) is 6.07 Å². The van der Waals surface area contributed by atoms with Crippen LogP contribution in [0.4, 0.5) is 10.1 Å². The molecule has 0 N–H and O–H groups in total. The van der Waals surface area contributed by atoms with Gasteiger partial charge in [0, 0.05) is 13.0 Å². The molecule has 0 aromatic heterocycles. The van der Waals surface area contributed by atoms with Crippen LogP contribution in [0.15, 0.2) is 12.1 Å². The number of sulfonamides is 1. The van der Waals surface area contributed by atoms with E-state index >= 15 is 0 Å². The van der Waals surface area contributed by atoms with Gasteiger partial charge < -0.3 is 0 Å². The van der Waals surface area contributed by atoms with Crippen molar-refractivity contribution in [2.45, 2.75) is 6.92 Å². The van der Waals surface area contributed by atoms with E-state index in [1.54, 1.807) is 0 Å². The summed E-state index contributed by atoms with van der Waals surface area (Å²) < 4.78 is 35.9. The molecule has 1 aromatic rings. The minimum Gasteiger partial charge on any atom is -0.274 e. The first-order valence-electron chi connectivity index (χ1n) is 4.11. The minimum absolute atomic E-state index is 0.113. The van der Waals surface area contributed by atoms with Crippen LogP contribution in [0.2, 0.25) is 5.02 Å². The van der Waals surface area contributed by atoms with Gasteiger partial charge in [-0.3, -0.25) is 4.79 Å². The van der Waals surface area contributed by atoms with Crippen molar-refractivity contribution in [2.75, 3.05) is 10.6 Å². The average molecular weight is 265 g/mol. The van der Waals surface area contributed by atoms with E-state index in [9.17, 15) is 17.6 Å². The molecule has 0 saturated heterocycles. The van der Waals surface area contributed by atoms with E-state index in [-0.39, 0.29) is 10.7 Å². The molecule has 0 bridgehead atoms. The second-order valence-electron chi connectivity index (χ2n) is 3.06. The SMILES string of the molecule is CC(=O)N(c1c[c]c(F)cc1Cl)S(C)(=O)=O. The number of nitrogens with zero attached hydrogens (tertiary/aromatic N) is 1. The molecule has 1 aromatic carbocycles. The lowest BCUT2D eigenvalue weighted by atomic mass is 10.3. The van der Waals surface area contributed by atoms with Gasteiger partial charge in [-0.25, -0.2) is 17.1 Å². The molecule has 16 heavy (non-hydrogen) atoms. The molecule has 1 radical (unpaired) electrons. The fourth-order valence-electron chi connectivity index (χ4n) is 1.17. The number of hydrogen-bond acceptors (Lipinski definition) is 3. The Balaban J connectivity index is 3.39. The predicted octanol–water partition coefficient (Wildman–Crippen LogP) is 1.59. The number of amides is 1. The van der Waals surface area contributed by atoms with Crippen LogP contribution in [-0.4, -0.2) is 20.6 Å². The summed E-state index contributed by atoms with van der Waals surface area (Å²) in [5.41, 5.74) is -0.113. The summed E-state index contributed by atoms with van der Waals surface area (Å²) in [6, 6.07) is 4.04. The third-order valence-electron chi connectivity index (χ3n) is 1.68. The summed E-state index contributed by atoms with van der Waals surface area (Å²) in [7, 11) is -3.80. The summed E-state index contributed by atoms with van der Waals surface area (Å²) in [4.78, 5) is 11.2. The van der Waals surface area contributed by atoms with E-state index in [1.165, 1.54) is 0 Å². The Morgan fingerprint density at radius 1 is 1.56 bits per heavy atom. The molecule has 0 aliphatic heterocycles. The molecule has 87 valence electrons. The molecule has 7 heteroatoms. The van der Waals surface area contributed by atoms with Crippen LogP contribution < -0.4 is 4.31 Å². The number of hydrogen-bond donors (Lipinski definition) is 0. The van der Waals surface area contributed by atoms with Crippen molar-refractivity contribution in [3.05, 3.63) is 29.0 Å². The average Bonchev–Trinajstić information content (AvgIpc) is 2.06. The maximum atomic E-state index is 12.7. The summed E-state index contributed by atoms with van der Waals surface area (Å²) >= 11 is 5.66. The van der Waals surface area contributed by atoms with Crippen LogP contribution in [0, 0.1) is 11.9 Å². The molecule has 0 fully saturated rings. The Morgan fingerprint density at radius 3 is 2.50 bits per heavy atom. The van der Waals surface area contributed by atoms with Gasteiger partial charge in [0.15, 0.2) is 0 Å². The van der Waals surface area contributed by atoms with E-state index in [4.69, 9.17) is 11.6 Å². The van der Waals surface area contributed by atoms with E-state index in [0.717, 1.165) is 25.3 Å². The highest BCUT2D eigenvalue weighted by Gasteiger charge is 2.24. The van der Waals surface area contributed by atoms with Crippen LogP contribution in [-0.2, 0) is 14.8 Å². The smallest absolute Gasteiger partial charge is 0.238 e. The highest BCUT2D eigenvalue weighted by atomic mass is 35.5. The molecule has 0 aliphatic rings. The molecular weight excluding hydrogens is 257 g/mol. The lowest BCUT2D eigenvalue weighted by molar-refractivity contribution is -0.115. The standard InChI is InChI=1S/C9H8ClFNO3S/c1-6(13)12(16(2,14)15)9-4-3-7(11)5-8(9)10/h4-5H,1-2H3. The molecule has 1 rings (SSSR count). The van der Waals surface area contributed by atoms with Gasteiger partial charge >= 0.3 is 0 Å².